The van der Waals surface area contributed by atoms with E-state index in [-0.39, 0.29) is 11.5 Å². The molecule has 1 aliphatic rings. The van der Waals surface area contributed by atoms with Gasteiger partial charge in [0, 0.05) is 11.3 Å². The first-order valence-electron chi connectivity index (χ1n) is 5.74. The molecule has 17 heavy (non-hydrogen) atoms. The predicted molar refractivity (Wildman–Crippen MR) is 68.1 cm³/mol. The highest BCUT2D eigenvalue weighted by Crippen LogP contribution is 2.32. The molecule has 1 saturated heterocycles. The van der Waals surface area contributed by atoms with E-state index in [1.165, 1.54) is 0 Å². The minimum Gasteiger partial charge on any atom is -0.262 e. The van der Waals surface area contributed by atoms with Gasteiger partial charge >= 0.3 is 0 Å². The molecule has 0 amide bonds. The Morgan fingerprint density at radius 1 is 1.59 bits per heavy atom. The van der Waals surface area contributed by atoms with E-state index in [4.69, 9.17) is 11.6 Å². The van der Waals surface area contributed by atoms with Gasteiger partial charge in [0.05, 0.1) is 29.1 Å². The van der Waals surface area contributed by atoms with Crippen molar-refractivity contribution in [1.29, 1.82) is 0 Å². The third-order valence-electron chi connectivity index (χ3n) is 3.43. The highest BCUT2D eigenvalue weighted by atomic mass is 35.5. The maximum absolute atomic E-state index is 11.6. The lowest BCUT2D eigenvalue weighted by molar-refractivity contribution is 0.318. The summed E-state index contributed by atoms with van der Waals surface area (Å²) in [5.74, 6) is 0.852. The smallest absolute Gasteiger partial charge is 0.152 e. The Morgan fingerprint density at radius 3 is 2.76 bits per heavy atom. The number of aromatic nitrogens is 2. The Kier molecular flexibility index (Phi) is 3.25. The zero-order chi connectivity index (χ0) is 12.7. The maximum atomic E-state index is 11.6. The van der Waals surface area contributed by atoms with Crippen LogP contribution in [0.2, 0.25) is 0 Å². The van der Waals surface area contributed by atoms with E-state index in [1.807, 2.05) is 18.5 Å². The van der Waals surface area contributed by atoms with E-state index in [2.05, 4.69) is 5.10 Å². The molecule has 0 spiro atoms. The van der Waals surface area contributed by atoms with Crippen molar-refractivity contribution >= 4 is 21.4 Å². The van der Waals surface area contributed by atoms with E-state index >= 15 is 0 Å². The predicted octanol–water partition coefficient (Wildman–Crippen LogP) is 1.72. The average molecular weight is 277 g/mol. The molecule has 1 atom stereocenters. The van der Waals surface area contributed by atoms with Crippen LogP contribution in [0.5, 0.6) is 0 Å². The van der Waals surface area contributed by atoms with Crippen LogP contribution >= 0.6 is 11.6 Å². The minimum absolute atomic E-state index is 0.177. The van der Waals surface area contributed by atoms with Crippen molar-refractivity contribution in [2.45, 2.75) is 38.1 Å². The van der Waals surface area contributed by atoms with Crippen LogP contribution in [-0.2, 0) is 27.7 Å². The Labute approximate surface area is 107 Å². The van der Waals surface area contributed by atoms with Crippen molar-refractivity contribution in [2.24, 2.45) is 0 Å². The van der Waals surface area contributed by atoms with E-state index in [9.17, 15) is 8.42 Å². The van der Waals surface area contributed by atoms with E-state index < -0.39 is 15.4 Å². The molecule has 6 heteroatoms. The average Bonchev–Trinajstić information content (AvgIpc) is 2.79. The van der Waals surface area contributed by atoms with Gasteiger partial charge in [-0.15, -0.1) is 11.6 Å². The number of nitrogens with zero attached hydrogens (tertiary/aromatic N) is 2. The van der Waals surface area contributed by atoms with Crippen molar-refractivity contribution < 1.29 is 8.42 Å². The highest BCUT2D eigenvalue weighted by molar-refractivity contribution is 7.91. The fourth-order valence-corrected chi connectivity index (χ4v) is 4.85. The molecule has 0 N–H and O–H groups in total. The Morgan fingerprint density at radius 2 is 2.29 bits per heavy atom. The van der Waals surface area contributed by atoms with Gasteiger partial charge in [0.2, 0.25) is 0 Å². The van der Waals surface area contributed by atoms with Gasteiger partial charge in [0.1, 0.15) is 0 Å². The topological polar surface area (TPSA) is 52.0 Å². The van der Waals surface area contributed by atoms with E-state index in [0.717, 1.165) is 17.7 Å². The summed E-state index contributed by atoms with van der Waals surface area (Å²) in [6, 6.07) is 0. The van der Waals surface area contributed by atoms with Crippen LogP contribution in [0.3, 0.4) is 0 Å². The number of halogens is 1. The van der Waals surface area contributed by atoms with E-state index in [0.29, 0.717) is 12.3 Å². The van der Waals surface area contributed by atoms with Gasteiger partial charge in [-0.2, -0.15) is 5.10 Å². The zero-order valence-electron chi connectivity index (χ0n) is 10.1. The molecule has 0 saturated carbocycles. The lowest BCUT2D eigenvalue weighted by atomic mass is 10.0. The van der Waals surface area contributed by atoms with Crippen LogP contribution in [0.1, 0.15) is 31.5 Å². The van der Waals surface area contributed by atoms with Crippen molar-refractivity contribution in [3.05, 3.63) is 17.5 Å². The second kappa shape index (κ2) is 4.28. The first kappa shape index (κ1) is 12.9. The number of hydrogen-bond donors (Lipinski definition) is 0. The molecule has 0 radical (unpaired) electrons. The molecule has 2 rings (SSSR count). The largest absolute Gasteiger partial charge is 0.262 e. The summed E-state index contributed by atoms with van der Waals surface area (Å²) in [5, 5.41) is 4.34. The number of sulfone groups is 1. The summed E-state index contributed by atoms with van der Waals surface area (Å²) >= 11 is 5.86. The number of hydrogen-bond acceptors (Lipinski definition) is 3. The second-order valence-corrected chi connectivity index (χ2v) is 7.31. The van der Waals surface area contributed by atoms with Crippen LogP contribution in [-0.4, -0.2) is 29.7 Å². The molecule has 0 aliphatic carbocycles. The summed E-state index contributed by atoms with van der Waals surface area (Å²) in [4.78, 5) is 0. The van der Waals surface area contributed by atoms with Crippen molar-refractivity contribution in [2.75, 3.05) is 11.5 Å². The summed E-state index contributed by atoms with van der Waals surface area (Å²) in [5.41, 5.74) is 1.65. The second-order valence-electron chi connectivity index (χ2n) is 4.85. The molecule has 1 fully saturated rings. The van der Waals surface area contributed by atoms with Crippen LogP contribution in [0.4, 0.5) is 0 Å². The maximum Gasteiger partial charge on any atom is 0.152 e. The van der Waals surface area contributed by atoms with Gasteiger partial charge in [0.25, 0.3) is 0 Å². The lowest BCUT2D eigenvalue weighted by Crippen LogP contribution is -2.33. The van der Waals surface area contributed by atoms with Crippen LogP contribution in [0.25, 0.3) is 0 Å². The Balaban J connectivity index is 2.44. The van der Waals surface area contributed by atoms with Crippen LogP contribution < -0.4 is 0 Å². The molecular weight excluding hydrogens is 260 g/mol. The Bertz CT molecular complexity index is 524. The molecule has 1 aliphatic heterocycles. The molecule has 0 bridgehead atoms. The molecular formula is C11H17ClN2O2S. The van der Waals surface area contributed by atoms with Gasteiger partial charge in [-0.25, -0.2) is 8.42 Å². The zero-order valence-corrected chi connectivity index (χ0v) is 11.7. The SMILES string of the molecule is CCc1c(CCl)cnn1C1(C)CCS(=O)(=O)C1. The van der Waals surface area contributed by atoms with Crippen molar-refractivity contribution in [1.82, 2.24) is 9.78 Å². The minimum atomic E-state index is -2.92. The molecule has 1 unspecified atom stereocenters. The highest BCUT2D eigenvalue weighted by Gasteiger charge is 2.41. The third-order valence-corrected chi connectivity index (χ3v) is 5.60. The van der Waals surface area contributed by atoms with Crippen molar-refractivity contribution in [3.8, 4) is 0 Å². The third kappa shape index (κ3) is 2.22. The first-order chi connectivity index (χ1) is 7.92. The van der Waals surface area contributed by atoms with Gasteiger partial charge in [-0.1, -0.05) is 6.92 Å². The van der Waals surface area contributed by atoms with Gasteiger partial charge in [0.15, 0.2) is 9.84 Å². The van der Waals surface area contributed by atoms with Crippen molar-refractivity contribution in [3.63, 3.8) is 0 Å². The summed E-state index contributed by atoms with van der Waals surface area (Å²) in [7, 11) is -2.92. The fourth-order valence-electron chi connectivity index (χ4n) is 2.52. The van der Waals surface area contributed by atoms with E-state index in [1.54, 1.807) is 6.20 Å². The number of alkyl halides is 1. The normalized spacial score (nSPS) is 27.5. The first-order valence-corrected chi connectivity index (χ1v) is 8.10. The summed E-state index contributed by atoms with van der Waals surface area (Å²) in [6.45, 7) is 4.00. The lowest BCUT2D eigenvalue weighted by Gasteiger charge is -2.25. The molecule has 2 heterocycles. The molecule has 4 nitrogen and oxygen atoms in total. The molecule has 1 aromatic rings. The van der Waals surface area contributed by atoms with Gasteiger partial charge < -0.3 is 0 Å². The quantitative estimate of drug-likeness (QED) is 0.790. The van der Waals surface area contributed by atoms with Gasteiger partial charge in [-0.05, 0) is 19.8 Å². The standard InChI is InChI=1S/C11H17ClN2O2S/c1-3-10-9(6-12)7-13-14(10)11(2)4-5-17(15,16)8-11/h7H,3-6,8H2,1-2H3. The molecule has 0 aromatic carbocycles. The Hall–Kier alpha value is -0.550. The molecule has 1 aromatic heterocycles. The van der Waals surface area contributed by atoms with Gasteiger partial charge in [-0.3, -0.25) is 4.68 Å². The summed E-state index contributed by atoms with van der Waals surface area (Å²) in [6.07, 6.45) is 3.20. The molecule has 96 valence electrons. The summed E-state index contributed by atoms with van der Waals surface area (Å²) < 4.78 is 25.1. The fraction of sp³-hybridized carbons (Fsp3) is 0.727. The monoisotopic (exact) mass is 276 g/mol. The van der Waals surface area contributed by atoms with Crippen LogP contribution in [0, 0.1) is 0 Å². The number of rotatable bonds is 3. The van der Waals surface area contributed by atoms with Crippen LogP contribution in [0.15, 0.2) is 6.20 Å².